The molecule has 148 valence electrons. The summed E-state index contributed by atoms with van der Waals surface area (Å²) in [6.07, 6.45) is 1.87. The summed E-state index contributed by atoms with van der Waals surface area (Å²) in [6, 6.07) is 7.47. The van der Waals surface area contributed by atoms with Crippen molar-refractivity contribution in [3.63, 3.8) is 0 Å². The fourth-order valence-corrected chi connectivity index (χ4v) is 4.22. The van der Waals surface area contributed by atoms with E-state index in [-0.39, 0.29) is 17.2 Å². The normalized spacial score (nSPS) is 14.8. The van der Waals surface area contributed by atoms with Gasteiger partial charge in [0.1, 0.15) is 0 Å². The number of para-hydroxylation sites is 1. The summed E-state index contributed by atoms with van der Waals surface area (Å²) in [5.74, 6) is 0.871. The molecule has 28 heavy (non-hydrogen) atoms. The van der Waals surface area contributed by atoms with Crippen molar-refractivity contribution in [1.29, 1.82) is 0 Å². The van der Waals surface area contributed by atoms with Crippen LogP contribution in [0.3, 0.4) is 0 Å². The largest absolute Gasteiger partial charge is 0.378 e. The van der Waals surface area contributed by atoms with Crippen LogP contribution in [0.25, 0.3) is 16.7 Å². The third kappa shape index (κ3) is 3.51. The quantitative estimate of drug-likeness (QED) is 0.586. The van der Waals surface area contributed by atoms with Crippen LogP contribution in [0.15, 0.2) is 34.2 Å². The highest BCUT2D eigenvalue weighted by molar-refractivity contribution is 7.99. The van der Waals surface area contributed by atoms with E-state index >= 15 is 0 Å². The number of benzene rings is 1. The van der Waals surface area contributed by atoms with Crippen molar-refractivity contribution < 1.29 is 9.53 Å². The Bertz CT molecular complexity index is 1050. The number of unbranched alkanes of at least 4 members (excludes halogenated alkanes) is 1. The van der Waals surface area contributed by atoms with E-state index in [1.807, 2.05) is 33.6 Å². The predicted molar refractivity (Wildman–Crippen MR) is 108 cm³/mol. The van der Waals surface area contributed by atoms with Crippen LogP contribution in [0.4, 0.5) is 0 Å². The van der Waals surface area contributed by atoms with E-state index in [0.29, 0.717) is 49.2 Å². The van der Waals surface area contributed by atoms with Crippen LogP contribution in [0, 0.1) is 0 Å². The Hall–Kier alpha value is -2.39. The number of fused-ring (bicyclic) bond motifs is 3. The zero-order valence-electron chi connectivity index (χ0n) is 15.8. The lowest BCUT2D eigenvalue weighted by Gasteiger charge is -2.26. The molecule has 0 saturated carbocycles. The molecule has 1 aliphatic heterocycles. The Balaban J connectivity index is 1.70. The molecule has 0 N–H and O–H groups in total. The SMILES string of the molecule is CCCCn1c(=O)c2ccccc2n2c(SCC(=O)N3CCOCC3)nnc12. The molecular formula is C19H23N5O3S. The average Bonchev–Trinajstić information content (AvgIpc) is 3.16. The highest BCUT2D eigenvalue weighted by atomic mass is 32.2. The van der Waals surface area contributed by atoms with Crippen LogP contribution in [0.5, 0.6) is 0 Å². The van der Waals surface area contributed by atoms with E-state index < -0.39 is 0 Å². The molecule has 0 bridgehead atoms. The number of carbonyl (C=O) groups excluding carboxylic acids is 1. The van der Waals surface area contributed by atoms with Gasteiger partial charge in [-0.15, -0.1) is 10.2 Å². The molecule has 0 spiro atoms. The lowest BCUT2D eigenvalue weighted by molar-refractivity contribution is -0.132. The van der Waals surface area contributed by atoms with E-state index in [1.54, 1.807) is 4.57 Å². The number of amides is 1. The Morgan fingerprint density at radius 3 is 2.79 bits per heavy atom. The van der Waals surface area contributed by atoms with Crippen LogP contribution in [-0.4, -0.2) is 62.0 Å². The van der Waals surface area contributed by atoms with Crippen molar-refractivity contribution in [3.8, 4) is 0 Å². The minimum atomic E-state index is -0.0510. The number of thioether (sulfide) groups is 1. The van der Waals surface area contributed by atoms with Crippen LogP contribution in [-0.2, 0) is 16.1 Å². The van der Waals surface area contributed by atoms with Crippen molar-refractivity contribution in [2.24, 2.45) is 0 Å². The second kappa shape index (κ2) is 8.32. The molecule has 9 heteroatoms. The molecule has 1 aromatic carbocycles. The molecule has 3 aromatic rings. The summed E-state index contributed by atoms with van der Waals surface area (Å²) in [5, 5.41) is 9.83. The van der Waals surface area contributed by atoms with Crippen molar-refractivity contribution in [2.45, 2.75) is 31.5 Å². The fraction of sp³-hybridized carbons (Fsp3) is 0.474. The standard InChI is InChI=1S/C19H23N5O3S/c1-2-3-8-23-17(26)14-6-4-5-7-15(14)24-18(23)20-21-19(24)28-13-16(25)22-9-11-27-12-10-22/h4-7H,2-3,8-13H2,1H3. The molecule has 0 atom stereocenters. The highest BCUT2D eigenvalue weighted by Crippen LogP contribution is 2.22. The van der Waals surface area contributed by atoms with E-state index in [4.69, 9.17) is 4.74 Å². The van der Waals surface area contributed by atoms with Crippen molar-refractivity contribution in [2.75, 3.05) is 32.1 Å². The van der Waals surface area contributed by atoms with Crippen molar-refractivity contribution >= 4 is 34.3 Å². The van der Waals surface area contributed by atoms with Crippen LogP contribution in [0.2, 0.25) is 0 Å². The average molecular weight is 401 g/mol. The third-order valence-electron chi connectivity index (χ3n) is 4.90. The molecule has 1 aliphatic rings. The lowest BCUT2D eigenvalue weighted by atomic mass is 10.2. The first-order valence-electron chi connectivity index (χ1n) is 9.55. The van der Waals surface area contributed by atoms with Gasteiger partial charge in [0.05, 0.1) is 29.9 Å². The van der Waals surface area contributed by atoms with Gasteiger partial charge in [0, 0.05) is 19.6 Å². The Morgan fingerprint density at radius 2 is 2.00 bits per heavy atom. The minimum absolute atomic E-state index is 0.0510. The van der Waals surface area contributed by atoms with Gasteiger partial charge in [0.15, 0.2) is 5.16 Å². The number of carbonyl (C=O) groups is 1. The summed E-state index contributed by atoms with van der Waals surface area (Å²) in [7, 11) is 0. The second-order valence-electron chi connectivity index (χ2n) is 6.73. The monoisotopic (exact) mass is 401 g/mol. The van der Waals surface area contributed by atoms with Crippen LogP contribution >= 0.6 is 11.8 Å². The van der Waals surface area contributed by atoms with Gasteiger partial charge in [-0.25, -0.2) is 0 Å². The molecule has 8 nitrogen and oxygen atoms in total. The molecule has 4 rings (SSSR count). The Labute approximate surface area is 166 Å². The van der Waals surface area contributed by atoms with Gasteiger partial charge in [0.25, 0.3) is 5.56 Å². The number of aromatic nitrogens is 4. The summed E-state index contributed by atoms with van der Waals surface area (Å²) in [4.78, 5) is 27.2. The maximum absolute atomic E-state index is 12.9. The van der Waals surface area contributed by atoms with Crippen molar-refractivity contribution in [3.05, 3.63) is 34.6 Å². The Morgan fingerprint density at radius 1 is 1.21 bits per heavy atom. The highest BCUT2D eigenvalue weighted by Gasteiger charge is 2.20. The number of hydrogen-bond donors (Lipinski definition) is 0. The molecule has 0 aliphatic carbocycles. The number of morpholine rings is 1. The lowest BCUT2D eigenvalue weighted by Crippen LogP contribution is -2.41. The Kier molecular flexibility index (Phi) is 5.63. The fourth-order valence-electron chi connectivity index (χ4n) is 3.38. The minimum Gasteiger partial charge on any atom is -0.378 e. The molecule has 1 fully saturated rings. The molecule has 1 saturated heterocycles. The zero-order valence-corrected chi connectivity index (χ0v) is 16.7. The first kappa shape index (κ1) is 18.9. The van der Waals surface area contributed by atoms with E-state index in [2.05, 4.69) is 17.1 Å². The summed E-state index contributed by atoms with van der Waals surface area (Å²) in [6.45, 7) is 5.10. The number of ether oxygens (including phenoxy) is 1. The molecule has 2 aromatic heterocycles. The summed E-state index contributed by atoms with van der Waals surface area (Å²) < 4.78 is 8.88. The maximum Gasteiger partial charge on any atom is 0.262 e. The number of hydrogen-bond acceptors (Lipinski definition) is 6. The molecule has 0 unspecified atom stereocenters. The van der Waals surface area contributed by atoms with Crippen LogP contribution in [0.1, 0.15) is 19.8 Å². The van der Waals surface area contributed by atoms with Crippen LogP contribution < -0.4 is 5.56 Å². The molecule has 3 heterocycles. The van der Waals surface area contributed by atoms with Crippen molar-refractivity contribution in [1.82, 2.24) is 24.1 Å². The molecule has 1 amide bonds. The van der Waals surface area contributed by atoms with Gasteiger partial charge in [-0.3, -0.25) is 18.6 Å². The van der Waals surface area contributed by atoms with E-state index in [9.17, 15) is 9.59 Å². The maximum atomic E-state index is 12.9. The summed E-state index contributed by atoms with van der Waals surface area (Å²) >= 11 is 1.35. The van der Waals surface area contributed by atoms with Gasteiger partial charge in [-0.2, -0.15) is 0 Å². The third-order valence-corrected chi connectivity index (χ3v) is 5.82. The van der Waals surface area contributed by atoms with Gasteiger partial charge >= 0.3 is 0 Å². The smallest absolute Gasteiger partial charge is 0.262 e. The number of nitrogens with zero attached hydrogens (tertiary/aromatic N) is 5. The number of aryl methyl sites for hydroxylation is 1. The second-order valence-corrected chi connectivity index (χ2v) is 7.67. The number of rotatable bonds is 6. The van der Waals surface area contributed by atoms with Gasteiger partial charge < -0.3 is 9.64 Å². The first-order chi connectivity index (χ1) is 13.7. The topological polar surface area (TPSA) is 81.7 Å². The molecule has 0 radical (unpaired) electrons. The van der Waals surface area contributed by atoms with E-state index in [0.717, 1.165) is 18.4 Å². The summed E-state index contributed by atoms with van der Waals surface area (Å²) in [5.41, 5.74) is 0.714. The first-order valence-corrected chi connectivity index (χ1v) is 10.5. The van der Waals surface area contributed by atoms with E-state index in [1.165, 1.54) is 11.8 Å². The zero-order chi connectivity index (χ0) is 19.5. The van der Waals surface area contributed by atoms with Gasteiger partial charge in [-0.1, -0.05) is 37.2 Å². The predicted octanol–water partition coefficient (Wildman–Crippen LogP) is 1.80. The van der Waals surface area contributed by atoms with Gasteiger partial charge in [0.2, 0.25) is 11.7 Å². The molecular weight excluding hydrogens is 378 g/mol. The van der Waals surface area contributed by atoms with Gasteiger partial charge in [-0.05, 0) is 18.6 Å².